The van der Waals surface area contributed by atoms with Crippen LogP contribution in [0.15, 0.2) is 11.6 Å². The highest BCUT2D eigenvalue weighted by Gasteiger charge is 2.71. The van der Waals surface area contributed by atoms with Gasteiger partial charge in [-0.3, -0.25) is 4.79 Å². The van der Waals surface area contributed by atoms with Crippen molar-refractivity contribution in [3.63, 3.8) is 0 Å². The predicted molar refractivity (Wildman–Crippen MR) is 169 cm³/mol. The van der Waals surface area contributed by atoms with E-state index in [1.54, 1.807) is 0 Å². The zero-order valence-corrected chi connectivity index (χ0v) is 28.8. The Morgan fingerprint density at radius 3 is 2.19 bits per heavy atom. The first-order valence-electron chi connectivity index (χ1n) is 17.6. The van der Waals surface area contributed by atoms with Crippen LogP contribution in [0.2, 0.25) is 0 Å². The molecule has 4 saturated carbocycles. The lowest BCUT2D eigenvalue weighted by atomic mass is 9.33. The third-order valence-corrected chi connectivity index (χ3v) is 15.4. The highest BCUT2D eigenvalue weighted by molar-refractivity contribution is 5.79. The van der Waals surface area contributed by atoms with Gasteiger partial charge in [0.15, 0.2) is 0 Å². The number of hydrogen-bond donors (Lipinski definition) is 8. The molecule has 5 fully saturated rings. The predicted octanol–water partition coefficient (Wildman–Crippen LogP) is 1.41. The Hall–Kier alpha value is -1.15. The lowest BCUT2D eigenvalue weighted by Gasteiger charge is -2.71. The summed E-state index contributed by atoms with van der Waals surface area (Å²) in [7, 11) is 0. The molecule has 11 nitrogen and oxygen atoms in total. The van der Waals surface area contributed by atoms with Crippen molar-refractivity contribution in [2.75, 3.05) is 13.2 Å². The second-order valence-corrected chi connectivity index (χ2v) is 17.9. The first-order valence-corrected chi connectivity index (χ1v) is 17.6. The van der Waals surface area contributed by atoms with E-state index in [-0.39, 0.29) is 47.0 Å². The summed E-state index contributed by atoms with van der Waals surface area (Å²) in [5.74, 6) is -0.724. The van der Waals surface area contributed by atoms with Crippen molar-refractivity contribution in [1.82, 2.24) is 0 Å². The van der Waals surface area contributed by atoms with Gasteiger partial charge in [-0.25, -0.2) is 0 Å². The standard InChI is InChI=1S/C36H58O11/c1-31(2)13-19-18-7-8-23-32(3)14-20(39)28(44)33(4,17-38)22(32)9-10-35(23,6)34(18,5)11-12-36(19,15-24(31)40)30(45)47-29-27(43)26(42)25(41)21(16-37)46-29/h7,19-29,37-44H,8-17H2,1-6H3/t19-,20+,21+,22+,23+,24-,25+,26-,27+,28-,29-,32-,33-,34+,35+,36+/m0/s1. The number of rotatable bonds is 4. The van der Waals surface area contributed by atoms with Crippen molar-refractivity contribution in [2.24, 2.45) is 50.2 Å². The summed E-state index contributed by atoms with van der Waals surface area (Å²) < 4.78 is 11.4. The Kier molecular flexibility index (Phi) is 8.68. The molecule has 0 bridgehead atoms. The quantitative estimate of drug-likeness (QED) is 0.160. The first-order chi connectivity index (χ1) is 21.8. The molecule has 1 aliphatic heterocycles. The van der Waals surface area contributed by atoms with E-state index < -0.39 is 77.8 Å². The minimum Gasteiger partial charge on any atom is -0.432 e. The minimum absolute atomic E-state index is 0.0231. The van der Waals surface area contributed by atoms with E-state index in [9.17, 15) is 45.6 Å². The van der Waals surface area contributed by atoms with Crippen molar-refractivity contribution in [3.05, 3.63) is 11.6 Å². The molecule has 0 unspecified atom stereocenters. The van der Waals surface area contributed by atoms with Gasteiger partial charge in [-0.15, -0.1) is 0 Å². The molecule has 5 aliphatic carbocycles. The molecule has 268 valence electrons. The Balaban J connectivity index is 1.38. The number of allylic oxidation sites excluding steroid dienone is 2. The van der Waals surface area contributed by atoms with Crippen LogP contribution in [0.25, 0.3) is 0 Å². The van der Waals surface area contributed by atoms with Gasteiger partial charge in [0, 0.05) is 5.41 Å². The van der Waals surface area contributed by atoms with Crippen molar-refractivity contribution in [3.8, 4) is 0 Å². The van der Waals surface area contributed by atoms with E-state index in [4.69, 9.17) is 9.47 Å². The van der Waals surface area contributed by atoms with Gasteiger partial charge in [-0.05, 0) is 90.8 Å². The summed E-state index contributed by atoms with van der Waals surface area (Å²) >= 11 is 0. The molecular weight excluding hydrogens is 608 g/mol. The number of fused-ring (bicyclic) bond motifs is 7. The minimum atomic E-state index is -1.72. The third-order valence-electron chi connectivity index (χ3n) is 15.4. The smallest absolute Gasteiger partial charge is 0.315 e. The highest BCUT2D eigenvalue weighted by Crippen LogP contribution is 2.76. The van der Waals surface area contributed by atoms with Gasteiger partial charge in [0.1, 0.15) is 24.4 Å². The number of esters is 1. The summed E-state index contributed by atoms with van der Waals surface area (Å²) in [6, 6.07) is 0. The van der Waals surface area contributed by atoms with Crippen molar-refractivity contribution in [1.29, 1.82) is 0 Å². The maximum atomic E-state index is 14.4. The topological polar surface area (TPSA) is 197 Å². The SMILES string of the molecule is CC1(C)C[C@H]2C3=CC[C@@H]4[C@@]5(C)C[C@@H](O)[C@H](O)[C@@](C)(CO)[C@@H]5CC[C@@]4(C)[C@]3(C)CC[C@@]2(C(=O)O[C@@H]2O[C@H](CO)[C@@H](O)[C@H](O)[C@H]2O)C[C@@H]1O. The van der Waals surface area contributed by atoms with Crippen LogP contribution in [-0.4, -0.2) is 109 Å². The van der Waals surface area contributed by atoms with Crippen LogP contribution < -0.4 is 0 Å². The molecule has 8 N–H and O–H groups in total. The number of ether oxygens (including phenoxy) is 2. The Bertz CT molecular complexity index is 1270. The lowest BCUT2D eigenvalue weighted by Crippen LogP contribution is -2.68. The molecule has 1 heterocycles. The van der Waals surface area contributed by atoms with E-state index in [0.29, 0.717) is 25.7 Å². The molecule has 6 aliphatic rings. The molecule has 0 amide bonds. The van der Waals surface area contributed by atoms with Crippen LogP contribution in [0.4, 0.5) is 0 Å². The van der Waals surface area contributed by atoms with Crippen molar-refractivity contribution < 1.29 is 55.1 Å². The van der Waals surface area contributed by atoms with Crippen molar-refractivity contribution >= 4 is 5.97 Å². The average molecular weight is 667 g/mol. The van der Waals surface area contributed by atoms with Crippen LogP contribution in [0.3, 0.4) is 0 Å². The second kappa shape index (κ2) is 11.4. The van der Waals surface area contributed by atoms with E-state index in [0.717, 1.165) is 19.3 Å². The molecule has 0 spiro atoms. The summed E-state index contributed by atoms with van der Waals surface area (Å²) in [5.41, 5.74) is -2.14. The van der Waals surface area contributed by atoms with E-state index in [1.807, 2.05) is 20.8 Å². The molecule has 16 atom stereocenters. The van der Waals surface area contributed by atoms with E-state index in [2.05, 4.69) is 26.8 Å². The van der Waals surface area contributed by atoms with Gasteiger partial charge < -0.3 is 50.3 Å². The fourth-order valence-corrected chi connectivity index (χ4v) is 12.1. The Morgan fingerprint density at radius 2 is 1.55 bits per heavy atom. The van der Waals surface area contributed by atoms with Gasteiger partial charge >= 0.3 is 5.97 Å². The fourth-order valence-electron chi connectivity index (χ4n) is 12.1. The number of carbonyl (C=O) groups is 1. The molecule has 0 aromatic heterocycles. The Morgan fingerprint density at radius 1 is 0.872 bits per heavy atom. The van der Waals surface area contributed by atoms with Gasteiger partial charge in [-0.1, -0.05) is 53.2 Å². The first kappa shape index (κ1) is 35.7. The Labute approximate surface area is 278 Å². The maximum absolute atomic E-state index is 14.4. The third kappa shape index (κ3) is 4.74. The van der Waals surface area contributed by atoms with Crippen LogP contribution in [0, 0.1) is 50.2 Å². The van der Waals surface area contributed by atoms with Gasteiger partial charge in [0.25, 0.3) is 0 Å². The van der Waals surface area contributed by atoms with Crippen LogP contribution in [-0.2, 0) is 14.3 Å². The summed E-state index contributed by atoms with van der Waals surface area (Å²) in [6.07, 6.45) is -3.64. The molecule has 0 aromatic carbocycles. The summed E-state index contributed by atoms with van der Waals surface area (Å²) in [5, 5.41) is 85.2. The van der Waals surface area contributed by atoms with Crippen LogP contribution in [0.1, 0.15) is 92.9 Å². The average Bonchev–Trinajstić information content (AvgIpc) is 3.01. The molecule has 47 heavy (non-hydrogen) atoms. The molecule has 6 rings (SSSR count). The van der Waals surface area contributed by atoms with Crippen molar-refractivity contribution in [2.45, 2.75) is 142 Å². The highest BCUT2D eigenvalue weighted by atomic mass is 16.7. The number of carbonyl (C=O) groups excluding carboxylic acids is 1. The maximum Gasteiger partial charge on any atom is 0.315 e. The summed E-state index contributed by atoms with van der Waals surface area (Å²) in [6.45, 7) is 12.0. The number of hydrogen-bond acceptors (Lipinski definition) is 11. The number of aliphatic hydroxyl groups is 8. The molecule has 0 aromatic rings. The van der Waals surface area contributed by atoms with E-state index in [1.165, 1.54) is 5.57 Å². The van der Waals surface area contributed by atoms with Crippen LogP contribution >= 0.6 is 0 Å². The molecular formula is C36H58O11. The molecule has 0 radical (unpaired) electrons. The van der Waals surface area contributed by atoms with Gasteiger partial charge in [0.2, 0.25) is 6.29 Å². The molecule has 11 heteroatoms. The normalized spacial score (nSPS) is 55.4. The second-order valence-electron chi connectivity index (χ2n) is 17.9. The molecule has 1 saturated heterocycles. The zero-order chi connectivity index (χ0) is 34.7. The largest absolute Gasteiger partial charge is 0.432 e. The number of aliphatic hydroxyl groups excluding tert-OH is 8. The van der Waals surface area contributed by atoms with Gasteiger partial charge in [0.05, 0.1) is 36.9 Å². The fraction of sp³-hybridized carbons (Fsp3) is 0.917. The van der Waals surface area contributed by atoms with Gasteiger partial charge in [-0.2, -0.15) is 0 Å². The van der Waals surface area contributed by atoms with E-state index >= 15 is 0 Å². The monoisotopic (exact) mass is 666 g/mol. The van der Waals surface area contributed by atoms with Crippen LogP contribution in [0.5, 0.6) is 0 Å². The summed E-state index contributed by atoms with van der Waals surface area (Å²) in [4.78, 5) is 14.4. The lowest BCUT2D eigenvalue weighted by molar-refractivity contribution is -0.298. The zero-order valence-electron chi connectivity index (χ0n) is 28.8.